The molecule has 1 aliphatic rings. The van der Waals surface area contributed by atoms with Gasteiger partial charge in [-0.05, 0) is 35.4 Å². The van der Waals surface area contributed by atoms with Gasteiger partial charge >= 0.3 is 0 Å². The van der Waals surface area contributed by atoms with Crippen LogP contribution in [0.5, 0.6) is 0 Å². The quantitative estimate of drug-likeness (QED) is 0.894. The van der Waals surface area contributed by atoms with Crippen molar-refractivity contribution in [2.45, 2.75) is 25.0 Å². The highest BCUT2D eigenvalue weighted by molar-refractivity contribution is 5.63. The van der Waals surface area contributed by atoms with Crippen LogP contribution in [0.1, 0.15) is 24.4 Å². The first-order valence-electron chi connectivity index (χ1n) is 7.23. The molecule has 1 fully saturated rings. The van der Waals surface area contributed by atoms with Crippen molar-refractivity contribution in [3.63, 3.8) is 0 Å². The van der Waals surface area contributed by atoms with Gasteiger partial charge in [-0.15, -0.1) is 0 Å². The highest BCUT2D eigenvalue weighted by atomic mass is 16.5. The minimum absolute atomic E-state index is 0.0303. The van der Waals surface area contributed by atoms with Crippen molar-refractivity contribution >= 4 is 0 Å². The van der Waals surface area contributed by atoms with Crippen molar-refractivity contribution in [2.24, 2.45) is 11.7 Å². The van der Waals surface area contributed by atoms with E-state index >= 15 is 0 Å². The average Bonchev–Trinajstić information content (AvgIpc) is 3.34. The fourth-order valence-corrected chi connectivity index (χ4v) is 2.78. The maximum atomic E-state index is 6.35. The van der Waals surface area contributed by atoms with Crippen molar-refractivity contribution in [2.75, 3.05) is 7.11 Å². The lowest BCUT2D eigenvalue weighted by atomic mass is 9.96. The number of hydrogen-bond acceptors (Lipinski definition) is 2. The van der Waals surface area contributed by atoms with Crippen molar-refractivity contribution in [1.29, 1.82) is 0 Å². The minimum Gasteiger partial charge on any atom is -0.379 e. The fourth-order valence-electron chi connectivity index (χ4n) is 2.78. The first kappa shape index (κ1) is 13.3. The van der Waals surface area contributed by atoms with Gasteiger partial charge in [0, 0.05) is 7.11 Å². The molecule has 1 saturated carbocycles. The third-order valence-electron chi connectivity index (χ3n) is 4.12. The largest absolute Gasteiger partial charge is 0.379 e. The maximum Gasteiger partial charge on any atom is 0.0791 e. The van der Waals surface area contributed by atoms with Crippen LogP contribution < -0.4 is 5.73 Å². The smallest absolute Gasteiger partial charge is 0.0791 e. The van der Waals surface area contributed by atoms with E-state index < -0.39 is 0 Å². The zero-order valence-electron chi connectivity index (χ0n) is 11.8. The van der Waals surface area contributed by atoms with E-state index in [4.69, 9.17) is 10.5 Å². The van der Waals surface area contributed by atoms with E-state index in [9.17, 15) is 0 Å². The van der Waals surface area contributed by atoms with Gasteiger partial charge in [-0.1, -0.05) is 54.6 Å². The molecule has 0 bridgehead atoms. The molecule has 2 N–H and O–H groups in total. The summed E-state index contributed by atoms with van der Waals surface area (Å²) >= 11 is 0. The van der Waals surface area contributed by atoms with Crippen LogP contribution in [0.4, 0.5) is 0 Å². The lowest BCUT2D eigenvalue weighted by Crippen LogP contribution is -2.29. The zero-order valence-corrected chi connectivity index (χ0v) is 11.8. The Morgan fingerprint density at radius 3 is 2.10 bits per heavy atom. The van der Waals surface area contributed by atoms with E-state index in [0.717, 1.165) is 5.56 Å². The van der Waals surface area contributed by atoms with Gasteiger partial charge in [0.2, 0.25) is 0 Å². The summed E-state index contributed by atoms with van der Waals surface area (Å²) in [6, 6.07) is 18.9. The molecule has 0 amide bonds. The summed E-state index contributed by atoms with van der Waals surface area (Å²) in [5, 5.41) is 0. The molecule has 0 radical (unpaired) electrons. The molecule has 0 heterocycles. The molecule has 2 unspecified atom stereocenters. The SMILES string of the molecule is COC(C1CC1)C(N)c1ccc(-c2ccccc2)cc1. The summed E-state index contributed by atoms with van der Waals surface area (Å²) in [5.41, 5.74) is 9.97. The number of methoxy groups -OCH3 is 1. The number of rotatable bonds is 5. The van der Waals surface area contributed by atoms with Crippen LogP contribution in [0.25, 0.3) is 11.1 Å². The highest BCUT2D eigenvalue weighted by Crippen LogP contribution is 2.39. The van der Waals surface area contributed by atoms with Gasteiger partial charge in [0.1, 0.15) is 0 Å². The van der Waals surface area contributed by atoms with Crippen LogP contribution in [-0.2, 0) is 4.74 Å². The summed E-state index contributed by atoms with van der Waals surface area (Å²) in [6.45, 7) is 0. The van der Waals surface area contributed by atoms with E-state index in [2.05, 4.69) is 48.5 Å². The molecule has 2 heteroatoms. The molecule has 2 aromatic carbocycles. The molecule has 0 spiro atoms. The van der Waals surface area contributed by atoms with Gasteiger partial charge in [0.25, 0.3) is 0 Å². The Bertz CT molecular complexity index is 545. The zero-order chi connectivity index (χ0) is 13.9. The molecule has 0 aliphatic heterocycles. The Morgan fingerprint density at radius 1 is 0.950 bits per heavy atom. The number of nitrogens with two attached hydrogens (primary N) is 1. The van der Waals surface area contributed by atoms with E-state index in [1.807, 2.05) is 6.07 Å². The Morgan fingerprint density at radius 2 is 1.55 bits per heavy atom. The van der Waals surface area contributed by atoms with E-state index in [1.54, 1.807) is 7.11 Å². The molecule has 2 atom stereocenters. The van der Waals surface area contributed by atoms with Crippen molar-refractivity contribution in [3.05, 3.63) is 60.2 Å². The minimum atomic E-state index is -0.0303. The van der Waals surface area contributed by atoms with Crippen LogP contribution in [0.3, 0.4) is 0 Å². The van der Waals surface area contributed by atoms with E-state index in [-0.39, 0.29) is 12.1 Å². The summed E-state index contributed by atoms with van der Waals surface area (Å²) in [6.07, 6.45) is 2.64. The predicted molar refractivity (Wildman–Crippen MR) is 82.3 cm³/mol. The second-order valence-electron chi connectivity index (χ2n) is 5.55. The molecular formula is C18H21NO. The van der Waals surface area contributed by atoms with E-state index in [0.29, 0.717) is 5.92 Å². The molecule has 2 aromatic rings. The van der Waals surface area contributed by atoms with Gasteiger partial charge < -0.3 is 10.5 Å². The second kappa shape index (κ2) is 5.78. The van der Waals surface area contributed by atoms with Crippen LogP contribution in [-0.4, -0.2) is 13.2 Å². The summed E-state index contributed by atoms with van der Waals surface area (Å²) in [5.74, 6) is 0.642. The van der Waals surface area contributed by atoms with Crippen molar-refractivity contribution in [1.82, 2.24) is 0 Å². The number of benzene rings is 2. The first-order chi connectivity index (χ1) is 9.79. The monoisotopic (exact) mass is 267 g/mol. The molecule has 20 heavy (non-hydrogen) atoms. The summed E-state index contributed by atoms with van der Waals surface area (Å²) < 4.78 is 5.58. The van der Waals surface area contributed by atoms with Gasteiger partial charge in [-0.25, -0.2) is 0 Å². The third kappa shape index (κ3) is 2.77. The Hall–Kier alpha value is -1.64. The van der Waals surface area contributed by atoms with Crippen molar-refractivity contribution < 1.29 is 4.74 Å². The van der Waals surface area contributed by atoms with Crippen LogP contribution in [0.15, 0.2) is 54.6 Å². The molecule has 104 valence electrons. The molecule has 2 nitrogen and oxygen atoms in total. The molecule has 1 aliphatic carbocycles. The van der Waals surface area contributed by atoms with Crippen LogP contribution in [0, 0.1) is 5.92 Å². The van der Waals surface area contributed by atoms with Crippen molar-refractivity contribution in [3.8, 4) is 11.1 Å². The number of ether oxygens (including phenoxy) is 1. The van der Waals surface area contributed by atoms with Gasteiger partial charge in [0.15, 0.2) is 0 Å². The van der Waals surface area contributed by atoms with Gasteiger partial charge in [0.05, 0.1) is 12.1 Å². The summed E-state index contributed by atoms with van der Waals surface area (Å²) in [7, 11) is 1.77. The third-order valence-corrected chi connectivity index (χ3v) is 4.12. The molecule has 0 aromatic heterocycles. The van der Waals surface area contributed by atoms with Crippen LogP contribution in [0.2, 0.25) is 0 Å². The van der Waals surface area contributed by atoms with Crippen LogP contribution >= 0.6 is 0 Å². The fraction of sp³-hybridized carbons (Fsp3) is 0.333. The predicted octanol–water partition coefficient (Wildman–Crippen LogP) is 3.78. The highest BCUT2D eigenvalue weighted by Gasteiger charge is 2.35. The normalized spacial score (nSPS) is 17.7. The van der Waals surface area contributed by atoms with Gasteiger partial charge in [-0.3, -0.25) is 0 Å². The topological polar surface area (TPSA) is 35.2 Å². The van der Waals surface area contributed by atoms with Gasteiger partial charge in [-0.2, -0.15) is 0 Å². The molecule has 0 saturated heterocycles. The summed E-state index contributed by atoms with van der Waals surface area (Å²) in [4.78, 5) is 0. The van der Waals surface area contributed by atoms with E-state index in [1.165, 1.54) is 24.0 Å². The molecule has 3 rings (SSSR count). The standard InChI is InChI=1S/C18H21NO/c1-20-18(16-11-12-16)17(19)15-9-7-14(8-10-15)13-5-3-2-4-6-13/h2-10,16-18H,11-12,19H2,1H3. The lowest BCUT2D eigenvalue weighted by molar-refractivity contribution is 0.0624. The molecular weight excluding hydrogens is 246 g/mol. The lowest BCUT2D eigenvalue weighted by Gasteiger charge is -2.23. The first-order valence-corrected chi connectivity index (χ1v) is 7.23. The number of hydrogen-bond donors (Lipinski definition) is 1. The Balaban J connectivity index is 1.79. The Labute approximate surface area is 120 Å². The Kier molecular flexibility index (Phi) is 3.86. The average molecular weight is 267 g/mol. The maximum absolute atomic E-state index is 6.35. The second-order valence-corrected chi connectivity index (χ2v) is 5.55.